The largest absolute Gasteiger partial charge is 0.0991 e. The van der Waals surface area contributed by atoms with Crippen LogP contribution in [0.15, 0.2) is 37.0 Å². The van der Waals surface area contributed by atoms with Gasteiger partial charge < -0.3 is 0 Å². The molecule has 0 heteroatoms. The zero-order chi connectivity index (χ0) is 5.54. The molecule has 0 saturated carbocycles. The van der Waals surface area contributed by atoms with Crippen molar-refractivity contribution in [1.82, 2.24) is 0 Å². The lowest BCUT2D eigenvalue weighted by Gasteiger charge is -1.65. The SMILES string of the molecule is C=C/C=C/C=CC. The smallest absolute Gasteiger partial charge is 0.0467 e. The molecule has 0 bridgehead atoms. The van der Waals surface area contributed by atoms with Gasteiger partial charge in [0.25, 0.3) is 0 Å². The molecule has 38 valence electrons. The summed E-state index contributed by atoms with van der Waals surface area (Å²) in [7, 11) is 0. The van der Waals surface area contributed by atoms with E-state index in [0.29, 0.717) is 0 Å². The van der Waals surface area contributed by atoms with Crippen molar-refractivity contribution in [3.8, 4) is 0 Å². The second kappa shape index (κ2) is 5.22. The van der Waals surface area contributed by atoms with Gasteiger partial charge in [-0.1, -0.05) is 37.0 Å². The first kappa shape index (κ1) is 6.22. The van der Waals surface area contributed by atoms with Crippen molar-refractivity contribution in [2.24, 2.45) is 0 Å². The van der Waals surface area contributed by atoms with Gasteiger partial charge in [-0.2, -0.15) is 0 Å². The van der Waals surface area contributed by atoms with Crippen LogP contribution in [-0.4, -0.2) is 0 Å². The van der Waals surface area contributed by atoms with Gasteiger partial charge in [0, 0.05) is 0 Å². The van der Waals surface area contributed by atoms with E-state index in [4.69, 9.17) is 0 Å². The molecule has 0 spiro atoms. The van der Waals surface area contributed by atoms with E-state index in [9.17, 15) is 0 Å². The van der Waals surface area contributed by atoms with E-state index >= 15 is 0 Å². The van der Waals surface area contributed by atoms with Gasteiger partial charge in [-0.25, -0.2) is 0 Å². The molecule has 0 aromatic carbocycles. The van der Waals surface area contributed by atoms with Crippen LogP contribution in [0.4, 0.5) is 0 Å². The second-order valence-corrected chi connectivity index (χ2v) is 1.15. The van der Waals surface area contributed by atoms with Crippen LogP contribution in [0.5, 0.6) is 0 Å². The molecule has 0 aliphatic heterocycles. The molecule has 0 heterocycles. The minimum Gasteiger partial charge on any atom is -0.0991 e. The fraction of sp³-hybridized carbons (Fsp3) is 0.143. The van der Waals surface area contributed by atoms with Crippen LogP contribution in [0.3, 0.4) is 0 Å². The van der Waals surface area contributed by atoms with Crippen molar-refractivity contribution in [2.45, 2.75) is 6.92 Å². The Labute approximate surface area is 44.9 Å². The fourth-order valence-corrected chi connectivity index (χ4v) is 0.254. The number of hydrogen-bond acceptors (Lipinski definition) is 0. The summed E-state index contributed by atoms with van der Waals surface area (Å²) in [6, 6.07) is 0. The first-order valence-corrected chi connectivity index (χ1v) is 2.32. The van der Waals surface area contributed by atoms with Gasteiger partial charge in [0.2, 0.25) is 0 Å². The summed E-state index contributed by atoms with van der Waals surface area (Å²) in [5.74, 6) is 0. The summed E-state index contributed by atoms with van der Waals surface area (Å²) in [4.78, 5) is 0. The minimum absolute atomic E-state index is 1.75. The maximum Gasteiger partial charge on any atom is -0.0467 e. The highest BCUT2D eigenvalue weighted by atomic mass is 13.6. The third-order valence-corrected chi connectivity index (χ3v) is 0.551. The Morgan fingerprint density at radius 2 is 1.86 bits per heavy atom. The van der Waals surface area contributed by atoms with Crippen molar-refractivity contribution < 1.29 is 0 Å². The highest BCUT2D eigenvalue weighted by Crippen LogP contribution is 1.74. The monoisotopic (exact) mass is 94.1 g/mol. The van der Waals surface area contributed by atoms with Gasteiger partial charge in [-0.05, 0) is 6.92 Å². The molecule has 0 aromatic heterocycles. The van der Waals surface area contributed by atoms with Crippen LogP contribution in [0.2, 0.25) is 0 Å². The number of hydrogen-bond donors (Lipinski definition) is 0. The summed E-state index contributed by atoms with van der Waals surface area (Å²) in [5, 5.41) is 0. The van der Waals surface area contributed by atoms with E-state index in [1.54, 1.807) is 6.08 Å². The lowest BCUT2D eigenvalue weighted by atomic mass is 10.4. The zero-order valence-corrected chi connectivity index (χ0v) is 4.59. The van der Waals surface area contributed by atoms with E-state index in [1.165, 1.54) is 0 Å². The van der Waals surface area contributed by atoms with Gasteiger partial charge in [0.1, 0.15) is 0 Å². The van der Waals surface area contributed by atoms with E-state index in [2.05, 4.69) is 6.58 Å². The lowest BCUT2D eigenvalue weighted by Crippen LogP contribution is -1.43. The molecule has 0 unspecified atom stereocenters. The van der Waals surface area contributed by atoms with Crippen molar-refractivity contribution in [3.63, 3.8) is 0 Å². The third kappa shape index (κ3) is 5.22. The molecular weight excluding hydrogens is 84.1 g/mol. The van der Waals surface area contributed by atoms with Crippen LogP contribution in [0.1, 0.15) is 6.92 Å². The van der Waals surface area contributed by atoms with Crippen LogP contribution < -0.4 is 0 Å². The topological polar surface area (TPSA) is 0 Å². The molecule has 7 heavy (non-hydrogen) atoms. The van der Waals surface area contributed by atoms with Gasteiger partial charge >= 0.3 is 0 Å². The van der Waals surface area contributed by atoms with Crippen LogP contribution in [0.25, 0.3) is 0 Å². The predicted molar refractivity (Wildman–Crippen MR) is 34.2 cm³/mol. The second-order valence-electron chi connectivity index (χ2n) is 1.15. The summed E-state index contributed by atoms with van der Waals surface area (Å²) >= 11 is 0. The van der Waals surface area contributed by atoms with Crippen molar-refractivity contribution in [1.29, 1.82) is 0 Å². The normalized spacial score (nSPS) is 11.0. The minimum atomic E-state index is 1.75. The van der Waals surface area contributed by atoms with Gasteiger partial charge in [0.15, 0.2) is 0 Å². The highest BCUT2D eigenvalue weighted by Gasteiger charge is 1.52. The average Bonchev–Trinajstić information content (AvgIpc) is 1.69. The van der Waals surface area contributed by atoms with Crippen LogP contribution in [0, 0.1) is 0 Å². The summed E-state index contributed by atoms with van der Waals surface area (Å²) in [5.41, 5.74) is 0. The van der Waals surface area contributed by atoms with E-state index < -0.39 is 0 Å². The van der Waals surface area contributed by atoms with E-state index in [0.717, 1.165) is 0 Å². The molecule has 0 rings (SSSR count). The van der Waals surface area contributed by atoms with Crippen molar-refractivity contribution >= 4 is 0 Å². The maximum absolute atomic E-state index is 3.51. The molecule has 0 N–H and O–H groups in total. The standard InChI is InChI=1S/C7H10/c1-3-5-7-6-4-2/h3-7H,1H2,2H3/b6-4?,7-5+. The maximum atomic E-state index is 3.51. The summed E-state index contributed by atoms with van der Waals surface area (Å²) < 4.78 is 0. The third-order valence-electron chi connectivity index (χ3n) is 0.551. The summed E-state index contributed by atoms with van der Waals surface area (Å²) in [6.45, 7) is 5.49. The Kier molecular flexibility index (Phi) is 4.64. The van der Waals surface area contributed by atoms with E-state index in [-0.39, 0.29) is 0 Å². The molecule has 0 radical (unpaired) electrons. The first-order valence-electron chi connectivity index (χ1n) is 2.32. The molecule has 0 aromatic rings. The molecule has 0 aliphatic rings. The van der Waals surface area contributed by atoms with Crippen LogP contribution >= 0.6 is 0 Å². The molecular formula is C7H10. The predicted octanol–water partition coefficient (Wildman–Crippen LogP) is 2.30. The highest BCUT2D eigenvalue weighted by molar-refractivity contribution is 5.07. The molecule has 0 aliphatic carbocycles. The lowest BCUT2D eigenvalue weighted by molar-refractivity contribution is 1.73. The molecule has 0 atom stereocenters. The molecule has 0 fully saturated rings. The first-order chi connectivity index (χ1) is 3.41. The quantitative estimate of drug-likeness (QED) is 0.460. The van der Waals surface area contributed by atoms with Gasteiger partial charge in [-0.3, -0.25) is 0 Å². The van der Waals surface area contributed by atoms with E-state index in [1.807, 2.05) is 31.2 Å². The summed E-state index contributed by atoms with van der Waals surface area (Å²) in [6.07, 6.45) is 9.51. The fourth-order valence-electron chi connectivity index (χ4n) is 0.254. The zero-order valence-electron chi connectivity index (χ0n) is 4.59. The van der Waals surface area contributed by atoms with Crippen molar-refractivity contribution in [2.75, 3.05) is 0 Å². The Balaban J connectivity index is 3.27. The van der Waals surface area contributed by atoms with Gasteiger partial charge in [-0.15, -0.1) is 0 Å². The number of allylic oxidation sites excluding steroid dienone is 5. The molecule has 0 nitrogen and oxygen atoms in total. The van der Waals surface area contributed by atoms with Crippen LogP contribution in [-0.2, 0) is 0 Å². The Morgan fingerprint density at radius 3 is 2.29 bits per heavy atom. The Hall–Kier alpha value is -0.780. The number of rotatable bonds is 2. The molecule has 0 saturated heterocycles. The molecule has 0 amide bonds. The Bertz CT molecular complexity index is 86.2. The average molecular weight is 94.2 g/mol. The van der Waals surface area contributed by atoms with Gasteiger partial charge in [0.05, 0.1) is 0 Å². The Morgan fingerprint density at radius 1 is 1.14 bits per heavy atom. The van der Waals surface area contributed by atoms with Crippen molar-refractivity contribution in [3.05, 3.63) is 37.0 Å².